The minimum atomic E-state index is 0.671. The fourth-order valence-electron chi connectivity index (χ4n) is 2.99. The zero-order valence-corrected chi connectivity index (χ0v) is 19.0. The third-order valence-electron chi connectivity index (χ3n) is 4.58. The summed E-state index contributed by atoms with van der Waals surface area (Å²) in [6, 6.07) is 16.3. The summed E-state index contributed by atoms with van der Waals surface area (Å²) in [4.78, 5) is 4.79. The zero-order chi connectivity index (χ0) is 20.9. The summed E-state index contributed by atoms with van der Waals surface area (Å²) in [5, 5.41) is 13.6. The average molecular weight is 453 g/mol. The molecule has 0 aliphatic heterocycles. The number of aromatic nitrogens is 4. The molecule has 0 saturated heterocycles. The lowest BCUT2D eigenvalue weighted by Gasteiger charge is -2.07. The Morgan fingerprint density at radius 1 is 1.10 bits per heavy atom. The lowest BCUT2D eigenvalue weighted by atomic mass is 10.1. The molecular weight excluding hydrogens is 432 g/mol. The molecule has 7 heteroatoms. The van der Waals surface area contributed by atoms with Gasteiger partial charge in [0.2, 0.25) is 0 Å². The molecule has 0 atom stereocenters. The second-order valence-corrected chi connectivity index (χ2v) is 9.14. The number of allylic oxidation sites excluding steroid dienone is 1. The SMILES string of the molecule is C=CCn1c(Cc2ccc(Cl)cc2)nnc1SCc1csc(-c2ccc(C)cc2)n1. The summed E-state index contributed by atoms with van der Waals surface area (Å²) >= 11 is 9.31. The van der Waals surface area contributed by atoms with Crippen LogP contribution >= 0.6 is 34.7 Å². The van der Waals surface area contributed by atoms with E-state index in [2.05, 4.69) is 57.9 Å². The van der Waals surface area contributed by atoms with Gasteiger partial charge >= 0.3 is 0 Å². The smallest absolute Gasteiger partial charge is 0.191 e. The van der Waals surface area contributed by atoms with E-state index in [4.69, 9.17) is 16.6 Å². The van der Waals surface area contributed by atoms with Crippen LogP contribution in [-0.4, -0.2) is 19.7 Å². The minimum absolute atomic E-state index is 0.671. The first-order chi connectivity index (χ1) is 14.6. The largest absolute Gasteiger partial charge is 0.302 e. The third-order valence-corrected chi connectivity index (χ3v) is 6.77. The van der Waals surface area contributed by atoms with Crippen molar-refractivity contribution in [3.05, 3.63) is 94.2 Å². The van der Waals surface area contributed by atoms with E-state index in [-0.39, 0.29) is 0 Å². The van der Waals surface area contributed by atoms with Crippen molar-refractivity contribution >= 4 is 34.7 Å². The Morgan fingerprint density at radius 3 is 2.60 bits per heavy atom. The molecule has 0 saturated carbocycles. The van der Waals surface area contributed by atoms with E-state index < -0.39 is 0 Å². The molecule has 0 aliphatic carbocycles. The predicted octanol–water partition coefficient (Wildman–Crippen LogP) is 6.43. The first-order valence-corrected chi connectivity index (χ1v) is 11.8. The number of hydrogen-bond donors (Lipinski definition) is 0. The first-order valence-electron chi connectivity index (χ1n) is 9.54. The molecule has 4 aromatic rings. The second kappa shape index (κ2) is 9.60. The average Bonchev–Trinajstić information content (AvgIpc) is 3.37. The van der Waals surface area contributed by atoms with Crippen LogP contribution in [0.25, 0.3) is 10.6 Å². The van der Waals surface area contributed by atoms with Gasteiger partial charge in [-0.2, -0.15) is 0 Å². The van der Waals surface area contributed by atoms with Crippen LogP contribution in [0.3, 0.4) is 0 Å². The lowest BCUT2D eigenvalue weighted by Crippen LogP contribution is -2.04. The van der Waals surface area contributed by atoms with Crippen LogP contribution in [-0.2, 0) is 18.7 Å². The van der Waals surface area contributed by atoms with Crippen molar-refractivity contribution in [3.63, 3.8) is 0 Å². The summed E-state index contributed by atoms with van der Waals surface area (Å²) in [6.45, 7) is 6.65. The maximum absolute atomic E-state index is 5.99. The van der Waals surface area contributed by atoms with Crippen molar-refractivity contribution in [1.82, 2.24) is 19.7 Å². The van der Waals surface area contributed by atoms with Crippen LogP contribution in [0.4, 0.5) is 0 Å². The fraction of sp³-hybridized carbons (Fsp3) is 0.174. The third kappa shape index (κ3) is 5.01. The van der Waals surface area contributed by atoms with Crippen LogP contribution < -0.4 is 0 Å². The van der Waals surface area contributed by atoms with Gasteiger partial charge in [-0.05, 0) is 24.6 Å². The Bertz CT molecular complexity index is 1130. The number of hydrogen-bond acceptors (Lipinski definition) is 5. The molecule has 2 heterocycles. The van der Waals surface area contributed by atoms with Gasteiger partial charge in [0.15, 0.2) is 5.16 Å². The Morgan fingerprint density at radius 2 is 1.87 bits per heavy atom. The summed E-state index contributed by atoms with van der Waals surface area (Å²) < 4.78 is 2.11. The van der Waals surface area contributed by atoms with E-state index in [1.165, 1.54) is 5.56 Å². The molecule has 4 rings (SSSR count). The number of aryl methyl sites for hydroxylation is 1. The lowest BCUT2D eigenvalue weighted by molar-refractivity contribution is 0.690. The van der Waals surface area contributed by atoms with Gasteiger partial charge in [0.25, 0.3) is 0 Å². The van der Waals surface area contributed by atoms with Gasteiger partial charge in [-0.3, -0.25) is 0 Å². The van der Waals surface area contributed by atoms with Crippen molar-refractivity contribution in [3.8, 4) is 10.6 Å². The highest BCUT2D eigenvalue weighted by molar-refractivity contribution is 7.98. The monoisotopic (exact) mass is 452 g/mol. The first kappa shape index (κ1) is 20.8. The molecule has 2 aromatic heterocycles. The zero-order valence-electron chi connectivity index (χ0n) is 16.6. The van der Waals surface area contributed by atoms with Crippen LogP contribution in [0.5, 0.6) is 0 Å². The topological polar surface area (TPSA) is 43.6 Å². The highest BCUT2D eigenvalue weighted by Gasteiger charge is 2.14. The van der Waals surface area contributed by atoms with Crippen molar-refractivity contribution in [2.75, 3.05) is 0 Å². The molecule has 0 amide bonds. The minimum Gasteiger partial charge on any atom is -0.302 e. The number of halogens is 1. The summed E-state index contributed by atoms with van der Waals surface area (Å²) in [6.07, 6.45) is 2.57. The molecule has 0 N–H and O–H groups in total. The maximum Gasteiger partial charge on any atom is 0.191 e. The summed E-state index contributed by atoms with van der Waals surface area (Å²) in [7, 11) is 0. The van der Waals surface area contributed by atoms with Crippen molar-refractivity contribution in [2.45, 2.75) is 30.8 Å². The van der Waals surface area contributed by atoms with Crippen molar-refractivity contribution in [1.29, 1.82) is 0 Å². The molecule has 30 heavy (non-hydrogen) atoms. The van der Waals surface area contributed by atoms with Gasteiger partial charge in [-0.1, -0.05) is 71.4 Å². The van der Waals surface area contributed by atoms with Crippen molar-refractivity contribution in [2.24, 2.45) is 0 Å². The number of nitrogens with zero attached hydrogens (tertiary/aromatic N) is 4. The van der Waals surface area contributed by atoms with Crippen LogP contribution in [0.15, 0.2) is 71.7 Å². The molecule has 152 valence electrons. The van der Waals surface area contributed by atoms with Crippen LogP contribution in [0.2, 0.25) is 5.02 Å². The van der Waals surface area contributed by atoms with E-state index in [0.717, 1.165) is 43.6 Å². The van der Waals surface area contributed by atoms with E-state index in [0.29, 0.717) is 13.0 Å². The molecule has 0 fully saturated rings. The summed E-state index contributed by atoms with van der Waals surface area (Å²) in [5.41, 5.74) is 4.60. The molecule has 0 aliphatic rings. The normalized spacial score (nSPS) is 11.0. The quantitative estimate of drug-likeness (QED) is 0.228. The summed E-state index contributed by atoms with van der Waals surface area (Å²) in [5.74, 6) is 1.66. The molecule has 2 aromatic carbocycles. The standard InChI is InChI=1S/C23H21ClN4S2/c1-3-12-28-21(13-17-6-10-19(24)11-7-17)26-27-23(28)30-15-20-14-29-22(25-20)18-8-4-16(2)5-9-18/h3-11,14H,1,12-13,15H2,2H3. The Kier molecular flexibility index (Phi) is 6.67. The Balaban J connectivity index is 1.47. The van der Waals surface area contributed by atoms with E-state index in [1.54, 1.807) is 23.1 Å². The van der Waals surface area contributed by atoms with Gasteiger partial charge in [-0.15, -0.1) is 28.1 Å². The van der Waals surface area contributed by atoms with Gasteiger partial charge in [0, 0.05) is 34.7 Å². The molecule has 0 spiro atoms. The molecule has 4 nitrogen and oxygen atoms in total. The Labute approximate surface area is 189 Å². The van der Waals surface area contributed by atoms with Gasteiger partial charge in [0.05, 0.1) is 5.69 Å². The number of thiazole rings is 1. The fourth-order valence-corrected chi connectivity index (χ4v) is 4.91. The van der Waals surface area contributed by atoms with Crippen LogP contribution in [0.1, 0.15) is 22.6 Å². The second-order valence-electron chi connectivity index (χ2n) is 6.90. The highest BCUT2D eigenvalue weighted by atomic mass is 35.5. The molecule has 0 radical (unpaired) electrons. The number of rotatable bonds is 8. The number of benzene rings is 2. The van der Waals surface area contributed by atoms with E-state index in [9.17, 15) is 0 Å². The van der Waals surface area contributed by atoms with Gasteiger partial charge < -0.3 is 4.57 Å². The van der Waals surface area contributed by atoms with Gasteiger partial charge in [-0.25, -0.2) is 4.98 Å². The van der Waals surface area contributed by atoms with E-state index in [1.807, 2.05) is 30.3 Å². The highest BCUT2D eigenvalue weighted by Crippen LogP contribution is 2.28. The van der Waals surface area contributed by atoms with Crippen molar-refractivity contribution < 1.29 is 0 Å². The number of thioether (sulfide) groups is 1. The van der Waals surface area contributed by atoms with Crippen LogP contribution in [0, 0.1) is 6.92 Å². The van der Waals surface area contributed by atoms with Gasteiger partial charge in [0.1, 0.15) is 10.8 Å². The Hall–Kier alpha value is -2.41. The molecular formula is C23H21ClN4S2. The molecule has 0 bridgehead atoms. The predicted molar refractivity (Wildman–Crippen MR) is 126 cm³/mol. The maximum atomic E-state index is 5.99. The molecule has 0 unspecified atom stereocenters. The van der Waals surface area contributed by atoms with E-state index >= 15 is 0 Å².